The SMILES string of the molecule is C=O.CC.CC(CN)C(=O)Nc1cccc(CCNC=O)c1.CN.COC(CC(=O)N1CCCC1C(OC)C(C)C)C(C)C(C)C. The van der Waals surface area contributed by atoms with Crippen molar-refractivity contribution in [3.05, 3.63) is 29.8 Å². The maximum absolute atomic E-state index is 12.8. The Morgan fingerprint density at radius 1 is 1.04 bits per heavy atom. The molecule has 1 aromatic carbocycles. The molecule has 6 N–H and O–H groups in total. The zero-order chi connectivity index (χ0) is 36.2. The van der Waals surface area contributed by atoms with Crippen LogP contribution >= 0.6 is 0 Å². The monoisotopic (exact) mass is 654 g/mol. The van der Waals surface area contributed by atoms with E-state index in [1.807, 2.05) is 49.8 Å². The molecule has 0 radical (unpaired) electrons. The molecule has 0 bridgehead atoms. The Bertz CT molecular complexity index is 917. The Hall–Kier alpha value is -2.86. The van der Waals surface area contributed by atoms with Crippen molar-refractivity contribution in [2.24, 2.45) is 35.1 Å². The lowest BCUT2D eigenvalue weighted by molar-refractivity contribution is -0.139. The van der Waals surface area contributed by atoms with Gasteiger partial charge in [-0.05, 0) is 61.8 Å². The highest BCUT2D eigenvalue weighted by Gasteiger charge is 2.37. The Kier molecular flexibility index (Phi) is 30.5. The minimum Gasteiger partial charge on any atom is -0.381 e. The molecule has 0 aromatic heterocycles. The molecule has 1 heterocycles. The molecule has 3 amide bonds. The third-order valence-electron chi connectivity index (χ3n) is 7.88. The molecule has 1 saturated heterocycles. The van der Waals surface area contributed by atoms with Gasteiger partial charge in [-0.1, -0.05) is 67.5 Å². The lowest BCUT2D eigenvalue weighted by Gasteiger charge is -2.34. The number of hydrogen-bond donors (Lipinski definition) is 4. The quantitative estimate of drug-likeness (QED) is 0.161. The summed E-state index contributed by atoms with van der Waals surface area (Å²) in [7, 11) is 4.97. The van der Waals surface area contributed by atoms with Crippen LogP contribution in [0, 0.1) is 23.7 Å². The van der Waals surface area contributed by atoms with Crippen LogP contribution in [0.3, 0.4) is 0 Å². The first-order valence-electron chi connectivity index (χ1n) is 16.5. The molecule has 1 aromatic rings. The molecule has 1 aliphatic heterocycles. The molecule has 5 unspecified atom stereocenters. The van der Waals surface area contributed by atoms with E-state index < -0.39 is 0 Å². The van der Waals surface area contributed by atoms with Gasteiger partial charge >= 0.3 is 0 Å². The van der Waals surface area contributed by atoms with Gasteiger partial charge < -0.3 is 41.3 Å². The Labute approximate surface area is 279 Å². The van der Waals surface area contributed by atoms with Gasteiger partial charge in [-0.3, -0.25) is 14.4 Å². The van der Waals surface area contributed by atoms with Gasteiger partial charge in [0.25, 0.3) is 0 Å². The van der Waals surface area contributed by atoms with Gasteiger partial charge in [0, 0.05) is 45.5 Å². The molecule has 1 fully saturated rings. The normalized spacial score (nSPS) is 16.0. The summed E-state index contributed by atoms with van der Waals surface area (Å²) in [5.41, 5.74) is 11.7. The number of nitrogens with zero attached hydrogens (tertiary/aromatic N) is 1. The molecule has 0 aliphatic carbocycles. The number of carbonyl (C=O) groups is 4. The second kappa shape index (κ2) is 29.5. The molecule has 268 valence electrons. The van der Waals surface area contributed by atoms with E-state index in [1.165, 1.54) is 7.05 Å². The van der Waals surface area contributed by atoms with Crippen molar-refractivity contribution in [2.75, 3.05) is 46.2 Å². The molecule has 11 nitrogen and oxygen atoms in total. The molecular weight excluding hydrogens is 586 g/mol. The first-order valence-corrected chi connectivity index (χ1v) is 16.5. The summed E-state index contributed by atoms with van der Waals surface area (Å²) in [6.45, 7) is 20.4. The minimum absolute atomic E-state index is 0.00575. The van der Waals surface area contributed by atoms with Crippen LogP contribution < -0.4 is 22.1 Å². The number of carbonyl (C=O) groups excluding carboxylic acids is 4. The van der Waals surface area contributed by atoms with Crippen LogP contribution in [0.5, 0.6) is 0 Å². The van der Waals surface area contributed by atoms with Crippen molar-refractivity contribution in [3.8, 4) is 0 Å². The predicted molar refractivity (Wildman–Crippen MR) is 189 cm³/mol. The van der Waals surface area contributed by atoms with Gasteiger partial charge in [-0.25, -0.2) is 0 Å². The lowest BCUT2D eigenvalue weighted by atomic mass is 9.90. The molecule has 46 heavy (non-hydrogen) atoms. The van der Waals surface area contributed by atoms with Crippen molar-refractivity contribution in [1.29, 1.82) is 0 Å². The molecular formula is C35H67N5O6. The Morgan fingerprint density at radius 2 is 1.65 bits per heavy atom. The smallest absolute Gasteiger partial charge is 0.228 e. The highest BCUT2D eigenvalue weighted by atomic mass is 16.5. The molecule has 11 heteroatoms. The van der Waals surface area contributed by atoms with E-state index in [1.54, 1.807) is 21.1 Å². The average Bonchev–Trinajstić information content (AvgIpc) is 3.56. The van der Waals surface area contributed by atoms with Gasteiger partial charge in [0.2, 0.25) is 18.2 Å². The van der Waals surface area contributed by atoms with E-state index in [4.69, 9.17) is 20.0 Å². The first-order chi connectivity index (χ1) is 22.0. The van der Waals surface area contributed by atoms with Crippen molar-refractivity contribution >= 4 is 30.7 Å². The van der Waals surface area contributed by atoms with E-state index in [-0.39, 0.29) is 36.0 Å². The van der Waals surface area contributed by atoms with Crippen molar-refractivity contribution < 1.29 is 28.7 Å². The first kappa shape index (κ1) is 47.5. The van der Waals surface area contributed by atoms with Crippen LogP contribution in [-0.2, 0) is 35.1 Å². The number of anilines is 1. The highest BCUT2D eigenvalue weighted by molar-refractivity contribution is 5.92. The number of hydrogen-bond acceptors (Lipinski definition) is 8. The molecule has 5 atom stereocenters. The van der Waals surface area contributed by atoms with Crippen LogP contribution in [0.1, 0.15) is 80.2 Å². The summed E-state index contributed by atoms with van der Waals surface area (Å²) in [6.07, 6.45) is 4.11. The van der Waals surface area contributed by atoms with E-state index in [0.29, 0.717) is 43.7 Å². The highest BCUT2D eigenvalue weighted by Crippen LogP contribution is 2.28. The van der Waals surface area contributed by atoms with Gasteiger partial charge in [-0.15, -0.1) is 0 Å². The number of rotatable bonds is 15. The molecule has 0 saturated carbocycles. The summed E-state index contributed by atoms with van der Waals surface area (Å²) in [5.74, 6) is 1.22. The average molecular weight is 654 g/mol. The fourth-order valence-corrected chi connectivity index (χ4v) is 4.97. The molecule has 2 rings (SSSR count). The van der Waals surface area contributed by atoms with Gasteiger partial charge in [0.05, 0.1) is 24.7 Å². The third kappa shape index (κ3) is 18.3. The fraction of sp³-hybridized carbons (Fsp3) is 0.714. The summed E-state index contributed by atoms with van der Waals surface area (Å²) >= 11 is 0. The lowest BCUT2D eigenvalue weighted by Crippen LogP contribution is -2.47. The number of nitrogens with two attached hydrogens (primary N) is 2. The van der Waals surface area contributed by atoms with E-state index in [9.17, 15) is 14.4 Å². The van der Waals surface area contributed by atoms with Crippen LogP contribution in [0.25, 0.3) is 0 Å². The second-order valence-corrected chi connectivity index (χ2v) is 11.5. The summed E-state index contributed by atoms with van der Waals surface area (Å²) in [4.78, 5) is 44.6. The number of amides is 3. The number of nitrogens with one attached hydrogen (secondary N) is 2. The maximum atomic E-state index is 12.8. The number of ether oxygens (including phenoxy) is 2. The second-order valence-electron chi connectivity index (χ2n) is 11.5. The fourth-order valence-electron chi connectivity index (χ4n) is 4.97. The van der Waals surface area contributed by atoms with Crippen LogP contribution in [0.4, 0.5) is 5.69 Å². The van der Waals surface area contributed by atoms with E-state index in [2.05, 4.69) is 51.0 Å². The summed E-state index contributed by atoms with van der Waals surface area (Å²) in [6, 6.07) is 7.77. The standard InChI is InChI=1S/C18H35NO3.C13H19N3O2.C2H6.CH5N.CH2O/c1-12(2)14(5)16(21-6)11-17(20)19-10-8-9-15(19)18(22-7)13(3)4;1-10(8-14)13(18)16-12-4-2-3-11(7-12)5-6-15-9-17;3*1-2/h12-16,18H,8-11H2,1-7H3;2-4,7,9-10H,5-6,8,14H2,1H3,(H,15,17)(H,16,18);1-2H3;2H2,1H3;1H2. The zero-order valence-electron chi connectivity index (χ0n) is 30.6. The summed E-state index contributed by atoms with van der Waals surface area (Å²) < 4.78 is 11.3. The van der Waals surface area contributed by atoms with Crippen LogP contribution in [0.2, 0.25) is 0 Å². The Morgan fingerprint density at radius 3 is 2.13 bits per heavy atom. The van der Waals surface area contributed by atoms with Crippen LogP contribution in [-0.4, -0.2) is 89.1 Å². The summed E-state index contributed by atoms with van der Waals surface area (Å²) in [5, 5.41) is 5.41. The van der Waals surface area contributed by atoms with Gasteiger partial charge in [0.15, 0.2) is 0 Å². The maximum Gasteiger partial charge on any atom is 0.228 e. The van der Waals surface area contributed by atoms with Crippen molar-refractivity contribution in [3.63, 3.8) is 0 Å². The topological polar surface area (TPSA) is 166 Å². The third-order valence-corrected chi connectivity index (χ3v) is 7.88. The van der Waals surface area contributed by atoms with Crippen LogP contribution in [0.15, 0.2) is 24.3 Å². The predicted octanol–water partition coefficient (Wildman–Crippen LogP) is 4.27. The van der Waals surface area contributed by atoms with E-state index >= 15 is 0 Å². The number of methoxy groups -OCH3 is 2. The van der Waals surface area contributed by atoms with Crippen molar-refractivity contribution in [1.82, 2.24) is 10.2 Å². The largest absolute Gasteiger partial charge is 0.381 e. The number of benzene rings is 1. The number of likely N-dealkylation sites (tertiary alicyclic amines) is 1. The van der Waals surface area contributed by atoms with Gasteiger partial charge in [0.1, 0.15) is 6.79 Å². The van der Waals surface area contributed by atoms with E-state index in [0.717, 1.165) is 37.1 Å². The Balaban J connectivity index is -0.000000700. The van der Waals surface area contributed by atoms with Gasteiger partial charge in [-0.2, -0.15) is 0 Å². The minimum atomic E-state index is -0.203. The van der Waals surface area contributed by atoms with Crippen molar-refractivity contribution in [2.45, 2.75) is 99.3 Å². The molecule has 1 aliphatic rings. The molecule has 0 spiro atoms. The zero-order valence-corrected chi connectivity index (χ0v) is 30.6.